The quantitative estimate of drug-likeness (QED) is 0.781. The van der Waals surface area contributed by atoms with Gasteiger partial charge >= 0.3 is 0 Å². The lowest BCUT2D eigenvalue weighted by Crippen LogP contribution is -2.53. The van der Waals surface area contributed by atoms with Gasteiger partial charge in [-0.15, -0.1) is 0 Å². The van der Waals surface area contributed by atoms with Gasteiger partial charge in [-0.3, -0.25) is 9.69 Å². The Labute approximate surface area is 164 Å². The summed E-state index contributed by atoms with van der Waals surface area (Å²) in [6.07, 6.45) is 1.08. The van der Waals surface area contributed by atoms with Gasteiger partial charge in [-0.25, -0.2) is 0 Å². The van der Waals surface area contributed by atoms with Crippen LogP contribution in [0.5, 0.6) is 0 Å². The molecule has 1 atom stereocenters. The molecule has 0 unspecified atom stereocenters. The zero-order valence-corrected chi connectivity index (χ0v) is 16.8. The monoisotopic (exact) mass is 415 g/mol. The van der Waals surface area contributed by atoms with Gasteiger partial charge in [0.15, 0.2) is 0 Å². The van der Waals surface area contributed by atoms with Crippen LogP contribution < -0.4 is 5.32 Å². The van der Waals surface area contributed by atoms with Gasteiger partial charge in [0.05, 0.1) is 6.04 Å². The highest BCUT2D eigenvalue weighted by molar-refractivity contribution is 9.10. The molecule has 26 heavy (non-hydrogen) atoms. The number of nitrogens with zero attached hydrogens (tertiary/aromatic N) is 2. The second-order valence-electron chi connectivity index (χ2n) is 6.79. The van der Waals surface area contributed by atoms with Crippen LogP contribution in [0.4, 0.5) is 5.69 Å². The van der Waals surface area contributed by atoms with E-state index in [1.54, 1.807) is 0 Å². The van der Waals surface area contributed by atoms with E-state index < -0.39 is 0 Å². The van der Waals surface area contributed by atoms with E-state index in [0.717, 1.165) is 49.3 Å². The summed E-state index contributed by atoms with van der Waals surface area (Å²) in [4.78, 5) is 17.3. The minimum absolute atomic E-state index is 0.0602. The van der Waals surface area contributed by atoms with E-state index in [2.05, 4.69) is 61.4 Å². The van der Waals surface area contributed by atoms with Crippen molar-refractivity contribution in [2.24, 2.45) is 0 Å². The number of rotatable bonds is 6. The molecule has 5 heteroatoms. The van der Waals surface area contributed by atoms with Crippen LogP contribution in [-0.2, 0) is 11.2 Å². The molecular weight excluding hydrogens is 390 g/mol. The average molecular weight is 416 g/mol. The van der Waals surface area contributed by atoms with Gasteiger partial charge in [-0.05, 0) is 43.2 Å². The summed E-state index contributed by atoms with van der Waals surface area (Å²) in [7, 11) is 0. The molecule has 1 aliphatic heterocycles. The third kappa shape index (κ3) is 5.40. The number of halogens is 1. The van der Waals surface area contributed by atoms with Crippen LogP contribution >= 0.6 is 15.9 Å². The zero-order valence-electron chi connectivity index (χ0n) is 15.2. The summed E-state index contributed by atoms with van der Waals surface area (Å²) in [6, 6.07) is 18.2. The van der Waals surface area contributed by atoms with Gasteiger partial charge in [0.25, 0.3) is 0 Å². The Bertz CT molecular complexity index is 697. The van der Waals surface area contributed by atoms with Crippen LogP contribution in [0.15, 0.2) is 59.1 Å². The molecule has 1 heterocycles. The lowest BCUT2D eigenvalue weighted by atomic mass is 10.1. The number of benzene rings is 2. The number of piperazine rings is 1. The Kier molecular flexibility index (Phi) is 6.83. The highest BCUT2D eigenvalue weighted by Gasteiger charge is 2.25. The molecule has 0 bridgehead atoms. The number of anilines is 1. The smallest absolute Gasteiger partial charge is 0.241 e. The Hall–Kier alpha value is -1.69. The average Bonchev–Trinajstić information content (AvgIpc) is 2.69. The number of amides is 1. The fourth-order valence-corrected chi connectivity index (χ4v) is 3.52. The van der Waals surface area contributed by atoms with Crippen LogP contribution in [0.1, 0.15) is 12.5 Å². The number of nitrogens with one attached hydrogen (secondary N) is 1. The highest BCUT2D eigenvalue weighted by atomic mass is 79.9. The molecule has 0 spiro atoms. The molecule has 0 saturated carbocycles. The van der Waals surface area contributed by atoms with Gasteiger partial charge < -0.3 is 10.2 Å². The molecule has 2 aromatic carbocycles. The van der Waals surface area contributed by atoms with Crippen LogP contribution in [0.2, 0.25) is 0 Å². The summed E-state index contributed by atoms with van der Waals surface area (Å²) in [5, 5.41) is 3.01. The van der Waals surface area contributed by atoms with Crippen molar-refractivity contribution in [3.05, 3.63) is 64.6 Å². The first-order valence-electron chi connectivity index (χ1n) is 9.18. The van der Waals surface area contributed by atoms with Crippen molar-refractivity contribution in [2.75, 3.05) is 38.0 Å². The van der Waals surface area contributed by atoms with Gasteiger partial charge in [0.2, 0.25) is 5.91 Å². The molecule has 1 N–H and O–H groups in total. The molecule has 0 aromatic heterocycles. The predicted octanol–water partition coefficient (Wildman–Crippen LogP) is 3.64. The SMILES string of the molecule is C[C@H](C(=O)Nc1ccc(Br)cc1)N1CCN(CCc2ccccc2)CC1. The molecule has 1 amide bonds. The fourth-order valence-electron chi connectivity index (χ4n) is 3.25. The maximum Gasteiger partial charge on any atom is 0.241 e. The van der Waals surface area contributed by atoms with Crippen molar-refractivity contribution < 1.29 is 4.79 Å². The normalized spacial score (nSPS) is 17.0. The molecular formula is C21H26BrN3O. The lowest BCUT2D eigenvalue weighted by molar-refractivity contribution is -0.121. The number of carbonyl (C=O) groups is 1. The van der Waals surface area contributed by atoms with E-state index in [9.17, 15) is 4.79 Å². The van der Waals surface area contributed by atoms with Crippen molar-refractivity contribution in [1.82, 2.24) is 9.80 Å². The Morgan fingerprint density at radius 2 is 1.69 bits per heavy atom. The topological polar surface area (TPSA) is 35.6 Å². The van der Waals surface area contributed by atoms with Gasteiger partial charge in [-0.1, -0.05) is 46.3 Å². The van der Waals surface area contributed by atoms with E-state index in [1.165, 1.54) is 5.56 Å². The third-order valence-electron chi connectivity index (χ3n) is 5.01. The summed E-state index contributed by atoms with van der Waals surface area (Å²) < 4.78 is 1.01. The summed E-state index contributed by atoms with van der Waals surface area (Å²) in [5.74, 6) is 0.0602. The first-order chi connectivity index (χ1) is 12.6. The molecule has 138 valence electrons. The largest absolute Gasteiger partial charge is 0.325 e. The maximum absolute atomic E-state index is 12.5. The van der Waals surface area contributed by atoms with Crippen LogP contribution in [0.3, 0.4) is 0 Å². The first-order valence-corrected chi connectivity index (χ1v) is 9.98. The van der Waals surface area contributed by atoms with E-state index in [0.29, 0.717) is 0 Å². The second kappa shape index (κ2) is 9.31. The van der Waals surface area contributed by atoms with Crippen LogP contribution in [0.25, 0.3) is 0 Å². The maximum atomic E-state index is 12.5. The summed E-state index contributed by atoms with van der Waals surface area (Å²) in [5.41, 5.74) is 2.23. The molecule has 0 aliphatic carbocycles. The van der Waals surface area contributed by atoms with E-state index in [1.807, 2.05) is 31.2 Å². The molecule has 4 nitrogen and oxygen atoms in total. The Balaban J connectivity index is 1.43. The van der Waals surface area contributed by atoms with E-state index in [-0.39, 0.29) is 11.9 Å². The van der Waals surface area contributed by atoms with Gasteiger partial charge in [0, 0.05) is 42.9 Å². The minimum Gasteiger partial charge on any atom is -0.325 e. The fraction of sp³-hybridized carbons (Fsp3) is 0.381. The molecule has 0 radical (unpaired) electrons. The minimum atomic E-state index is -0.116. The molecule has 3 rings (SSSR count). The Morgan fingerprint density at radius 1 is 1.04 bits per heavy atom. The first kappa shape index (κ1) is 19.1. The second-order valence-corrected chi connectivity index (χ2v) is 7.70. The Morgan fingerprint density at radius 3 is 2.35 bits per heavy atom. The zero-order chi connectivity index (χ0) is 18.4. The molecule has 1 fully saturated rings. The van der Waals surface area contributed by atoms with Crippen molar-refractivity contribution >= 4 is 27.5 Å². The number of hydrogen-bond acceptors (Lipinski definition) is 3. The predicted molar refractivity (Wildman–Crippen MR) is 110 cm³/mol. The molecule has 1 aliphatic rings. The van der Waals surface area contributed by atoms with Crippen molar-refractivity contribution in [3.8, 4) is 0 Å². The molecule has 1 saturated heterocycles. The lowest BCUT2D eigenvalue weighted by Gasteiger charge is -2.37. The van der Waals surface area contributed by atoms with Crippen molar-refractivity contribution in [3.63, 3.8) is 0 Å². The summed E-state index contributed by atoms with van der Waals surface area (Å²) in [6.45, 7) is 6.98. The van der Waals surface area contributed by atoms with Crippen LogP contribution in [-0.4, -0.2) is 54.5 Å². The van der Waals surface area contributed by atoms with E-state index >= 15 is 0 Å². The van der Waals surface area contributed by atoms with Crippen molar-refractivity contribution in [2.45, 2.75) is 19.4 Å². The van der Waals surface area contributed by atoms with E-state index in [4.69, 9.17) is 0 Å². The van der Waals surface area contributed by atoms with Gasteiger partial charge in [-0.2, -0.15) is 0 Å². The van der Waals surface area contributed by atoms with Crippen LogP contribution in [0, 0.1) is 0 Å². The van der Waals surface area contributed by atoms with Gasteiger partial charge in [0.1, 0.15) is 0 Å². The van der Waals surface area contributed by atoms with Crippen molar-refractivity contribution in [1.29, 1.82) is 0 Å². The number of hydrogen-bond donors (Lipinski definition) is 1. The standard InChI is InChI=1S/C21H26BrN3O/c1-17(21(26)23-20-9-7-19(22)8-10-20)25-15-13-24(14-16-25)12-11-18-5-3-2-4-6-18/h2-10,17H,11-16H2,1H3,(H,23,26)/t17-/m1/s1. The highest BCUT2D eigenvalue weighted by Crippen LogP contribution is 2.15. The number of carbonyl (C=O) groups excluding carboxylic acids is 1. The molecule has 2 aromatic rings. The summed E-state index contributed by atoms with van der Waals surface area (Å²) >= 11 is 3.41. The third-order valence-corrected chi connectivity index (χ3v) is 5.53.